The minimum Gasteiger partial charge on any atom is -0.356 e. The van der Waals surface area contributed by atoms with Gasteiger partial charge in [0.25, 0.3) is 0 Å². The average Bonchev–Trinajstić information content (AvgIpc) is 2.97. The Hall–Kier alpha value is -0.830. The van der Waals surface area contributed by atoms with Gasteiger partial charge in [-0.3, -0.25) is 4.79 Å². The maximum absolute atomic E-state index is 11.7. The fourth-order valence-electron chi connectivity index (χ4n) is 1.67. The first-order valence-corrected chi connectivity index (χ1v) is 8.14. The molecule has 0 atom stereocenters. The molecule has 5 nitrogen and oxygen atoms in total. The standard InChI is InChI=1S/C15H26N4OS.HI/c1-5-9-16-15(17-12-14(20)18(2)3)19(4)10-8-13-7-6-11-21-13;/h6-7,11H,5,8-10,12H2,1-4H3,(H,16,17);1H. The number of carbonyl (C=O) groups excluding carboxylic acids is 1. The Morgan fingerprint density at radius 1 is 1.36 bits per heavy atom. The normalized spacial score (nSPS) is 10.8. The van der Waals surface area contributed by atoms with Gasteiger partial charge in [-0.2, -0.15) is 0 Å². The Balaban J connectivity index is 0.00000441. The maximum atomic E-state index is 11.7. The molecule has 1 rings (SSSR count). The van der Waals surface area contributed by atoms with E-state index in [-0.39, 0.29) is 36.4 Å². The molecule has 1 amide bonds. The second kappa shape index (κ2) is 11.7. The van der Waals surface area contributed by atoms with Crippen LogP contribution in [0, 0.1) is 0 Å². The van der Waals surface area contributed by atoms with Crippen LogP contribution in [-0.2, 0) is 11.2 Å². The lowest BCUT2D eigenvalue weighted by Crippen LogP contribution is -2.41. The predicted molar refractivity (Wildman–Crippen MR) is 105 cm³/mol. The van der Waals surface area contributed by atoms with Gasteiger partial charge >= 0.3 is 0 Å². The molecule has 7 heteroatoms. The third-order valence-electron chi connectivity index (χ3n) is 3.03. The van der Waals surface area contributed by atoms with E-state index in [1.807, 2.05) is 7.05 Å². The molecular weight excluding hydrogens is 411 g/mol. The van der Waals surface area contributed by atoms with Crippen molar-refractivity contribution in [2.75, 3.05) is 40.8 Å². The summed E-state index contributed by atoms with van der Waals surface area (Å²) < 4.78 is 0. The van der Waals surface area contributed by atoms with E-state index in [1.165, 1.54) is 4.88 Å². The number of rotatable bonds is 7. The molecule has 0 aliphatic carbocycles. The molecule has 1 heterocycles. The molecule has 0 aliphatic heterocycles. The van der Waals surface area contributed by atoms with Crippen LogP contribution in [0.4, 0.5) is 0 Å². The Labute approximate surface area is 154 Å². The van der Waals surface area contributed by atoms with Crippen molar-refractivity contribution in [3.05, 3.63) is 22.4 Å². The number of likely N-dealkylation sites (N-methyl/N-ethyl adjacent to an activating group) is 2. The Morgan fingerprint density at radius 2 is 2.09 bits per heavy atom. The van der Waals surface area contributed by atoms with Crippen LogP contribution in [0.3, 0.4) is 0 Å². The van der Waals surface area contributed by atoms with Gasteiger partial charge in [0.2, 0.25) is 5.91 Å². The summed E-state index contributed by atoms with van der Waals surface area (Å²) in [5.41, 5.74) is 0. The van der Waals surface area contributed by atoms with Crippen LogP contribution in [-0.4, -0.2) is 62.4 Å². The van der Waals surface area contributed by atoms with Crippen molar-refractivity contribution < 1.29 is 4.79 Å². The van der Waals surface area contributed by atoms with Gasteiger partial charge in [-0.1, -0.05) is 13.0 Å². The van der Waals surface area contributed by atoms with Crippen LogP contribution >= 0.6 is 35.3 Å². The molecular formula is C15H27IN4OS. The summed E-state index contributed by atoms with van der Waals surface area (Å²) in [5, 5.41) is 5.39. The van der Waals surface area contributed by atoms with E-state index >= 15 is 0 Å². The maximum Gasteiger partial charge on any atom is 0.243 e. The number of carbonyl (C=O) groups is 1. The number of halogens is 1. The lowest BCUT2D eigenvalue weighted by molar-refractivity contribution is -0.127. The summed E-state index contributed by atoms with van der Waals surface area (Å²) in [6, 6.07) is 4.21. The Kier molecular flexibility index (Phi) is 11.3. The van der Waals surface area contributed by atoms with Crippen molar-refractivity contribution in [2.45, 2.75) is 19.8 Å². The van der Waals surface area contributed by atoms with Crippen molar-refractivity contribution in [2.24, 2.45) is 4.99 Å². The van der Waals surface area contributed by atoms with E-state index in [2.05, 4.69) is 39.6 Å². The number of aliphatic imine (C=N–C) groups is 1. The zero-order chi connectivity index (χ0) is 15.7. The minimum absolute atomic E-state index is 0. The van der Waals surface area contributed by atoms with Crippen LogP contribution in [0.1, 0.15) is 18.2 Å². The SMILES string of the molecule is CCCNC(=NCC(=O)N(C)C)N(C)CCc1cccs1.I. The van der Waals surface area contributed by atoms with E-state index < -0.39 is 0 Å². The monoisotopic (exact) mass is 438 g/mol. The number of amides is 1. The third-order valence-corrected chi connectivity index (χ3v) is 3.97. The summed E-state index contributed by atoms with van der Waals surface area (Å²) in [6.07, 6.45) is 2.02. The molecule has 0 saturated heterocycles. The molecule has 0 radical (unpaired) electrons. The van der Waals surface area contributed by atoms with Crippen molar-refractivity contribution >= 4 is 47.2 Å². The summed E-state index contributed by atoms with van der Waals surface area (Å²) in [6.45, 7) is 4.04. The van der Waals surface area contributed by atoms with E-state index in [9.17, 15) is 4.79 Å². The Bertz CT molecular complexity index is 448. The molecule has 126 valence electrons. The van der Waals surface area contributed by atoms with Gasteiger partial charge < -0.3 is 15.1 Å². The summed E-state index contributed by atoms with van der Waals surface area (Å²) in [4.78, 5) is 21.1. The predicted octanol–water partition coefficient (Wildman–Crippen LogP) is 2.28. The molecule has 22 heavy (non-hydrogen) atoms. The third kappa shape index (κ3) is 7.98. The van der Waals surface area contributed by atoms with Gasteiger partial charge in [0.15, 0.2) is 5.96 Å². The quantitative estimate of drug-likeness (QED) is 0.404. The first-order valence-electron chi connectivity index (χ1n) is 7.26. The van der Waals surface area contributed by atoms with Crippen molar-refractivity contribution in [1.29, 1.82) is 0 Å². The molecule has 0 bridgehead atoms. The molecule has 0 unspecified atom stereocenters. The minimum atomic E-state index is 0. The van der Waals surface area contributed by atoms with Crippen LogP contribution < -0.4 is 5.32 Å². The van der Waals surface area contributed by atoms with E-state index in [1.54, 1.807) is 30.3 Å². The van der Waals surface area contributed by atoms with Crippen LogP contribution in [0.25, 0.3) is 0 Å². The molecule has 1 N–H and O–H groups in total. The van der Waals surface area contributed by atoms with E-state index in [0.29, 0.717) is 0 Å². The highest BCUT2D eigenvalue weighted by atomic mass is 127. The van der Waals surface area contributed by atoms with Gasteiger partial charge in [0, 0.05) is 39.1 Å². The van der Waals surface area contributed by atoms with Crippen molar-refractivity contribution in [3.8, 4) is 0 Å². The number of nitrogens with zero attached hydrogens (tertiary/aromatic N) is 3. The molecule has 1 aromatic heterocycles. The first kappa shape index (κ1) is 21.2. The summed E-state index contributed by atoms with van der Waals surface area (Å²) in [5.74, 6) is 0.807. The summed E-state index contributed by atoms with van der Waals surface area (Å²) >= 11 is 1.77. The zero-order valence-corrected chi connectivity index (χ0v) is 17.0. The molecule has 0 aliphatic rings. The average molecular weight is 438 g/mol. The molecule has 0 saturated carbocycles. The van der Waals surface area contributed by atoms with Gasteiger partial charge in [-0.25, -0.2) is 4.99 Å². The van der Waals surface area contributed by atoms with E-state index in [0.717, 1.165) is 31.9 Å². The van der Waals surface area contributed by atoms with Gasteiger partial charge in [-0.05, 0) is 24.3 Å². The van der Waals surface area contributed by atoms with Gasteiger partial charge in [-0.15, -0.1) is 35.3 Å². The fourth-order valence-corrected chi connectivity index (χ4v) is 2.37. The van der Waals surface area contributed by atoms with Gasteiger partial charge in [0.1, 0.15) is 6.54 Å². The van der Waals surface area contributed by atoms with E-state index in [4.69, 9.17) is 0 Å². The van der Waals surface area contributed by atoms with Crippen LogP contribution in [0.15, 0.2) is 22.5 Å². The first-order chi connectivity index (χ1) is 10.0. The second-order valence-corrected chi connectivity index (χ2v) is 6.14. The molecule has 1 aromatic rings. The topological polar surface area (TPSA) is 47.9 Å². The van der Waals surface area contributed by atoms with Crippen molar-refractivity contribution in [3.63, 3.8) is 0 Å². The number of hydrogen-bond donors (Lipinski definition) is 1. The molecule has 0 spiro atoms. The smallest absolute Gasteiger partial charge is 0.243 e. The highest BCUT2D eigenvalue weighted by Gasteiger charge is 2.09. The van der Waals surface area contributed by atoms with Crippen LogP contribution in [0.2, 0.25) is 0 Å². The highest BCUT2D eigenvalue weighted by molar-refractivity contribution is 14.0. The highest BCUT2D eigenvalue weighted by Crippen LogP contribution is 2.09. The Morgan fingerprint density at radius 3 is 2.64 bits per heavy atom. The fraction of sp³-hybridized carbons (Fsp3) is 0.600. The lowest BCUT2D eigenvalue weighted by atomic mass is 10.3. The molecule has 0 fully saturated rings. The number of guanidine groups is 1. The second-order valence-electron chi connectivity index (χ2n) is 5.11. The van der Waals surface area contributed by atoms with Crippen LogP contribution in [0.5, 0.6) is 0 Å². The lowest BCUT2D eigenvalue weighted by Gasteiger charge is -2.22. The van der Waals surface area contributed by atoms with Gasteiger partial charge in [0.05, 0.1) is 0 Å². The molecule has 0 aromatic carbocycles. The number of nitrogens with one attached hydrogen (secondary N) is 1. The number of thiophene rings is 1. The summed E-state index contributed by atoms with van der Waals surface area (Å²) in [7, 11) is 5.50. The van der Waals surface area contributed by atoms with Crippen molar-refractivity contribution in [1.82, 2.24) is 15.1 Å². The number of hydrogen-bond acceptors (Lipinski definition) is 3. The largest absolute Gasteiger partial charge is 0.356 e. The zero-order valence-electron chi connectivity index (χ0n) is 13.8.